The summed E-state index contributed by atoms with van der Waals surface area (Å²) in [5.74, 6) is -0.806. The minimum absolute atomic E-state index is 0.0579. The van der Waals surface area contributed by atoms with Crippen LogP contribution in [0.15, 0.2) is 60.9 Å². The Morgan fingerprint density at radius 1 is 1.05 bits per heavy atom. The van der Waals surface area contributed by atoms with Gasteiger partial charge in [-0.15, -0.1) is 0 Å². The summed E-state index contributed by atoms with van der Waals surface area (Å²) < 4.78 is 1.95. The Morgan fingerprint density at radius 3 is 2.58 bits per heavy atom. The molecule has 0 saturated carbocycles. The number of carboxylic acid groups (broad SMARTS) is 1. The Kier molecular flexibility index (Phi) is 2.80. The Hall–Kier alpha value is -2.55. The first kappa shape index (κ1) is 11.5. The maximum absolute atomic E-state index is 10.7. The van der Waals surface area contributed by atoms with Crippen LogP contribution < -0.4 is 0 Å². The highest BCUT2D eigenvalue weighted by Gasteiger charge is 2.05. The molecule has 3 aromatic rings. The van der Waals surface area contributed by atoms with Gasteiger partial charge in [0.05, 0.1) is 6.42 Å². The molecule has 0 bridgehead atoms. The highest BCUT2D eigenvalue weighted by molar-refractivity contribution is 5.73. The molecular weight excluding hydrogens is 238 g/mol. The summed E-state index contributed by atoms with van der Waals surface area (Å²) in [4.78, 5) is 10.7. The molecule has 19 heavy (non-hydrogen) atoms. The van der Waals surface area contributed by atoms with Crippen molar-refractivity contribution >= 4 is 11.5 Å². The molecule has 0 aliphatic carbocycles. The summed E-state index contributed by atoms with van der Waals surface area (Å²) in [6, 6.07) is 16.2. The summed E-state index contributed by atoms with van der Waals surface area (Å²) >= 11 is 0. The number of aliphatic carboxylic acids is 1. The van der Waals surface area contributed by atoms with Gasteiger partial charge in [-0.05, 0) is 34.9 Å². The van der Waals surface area contributed by atoms with Crippen molar-refractivity contribution in [2.75, 3.05) is 0 Å². The number of nitrogens with zero attached hydrogens (tertiary/aromatic N) is 1. The van der Waals surface area contributed by atoms with E-state index in [0.717, 1.165) is 22.2 Å². The first-order chi connectivity index (χ1) is 9.22. The average molecular weight is 251 g/mol. The van der Waals surface area contributed by atoms with Crippen LogP contribution in [0.4, 0.5) is 0 Å². The minimum atomic E-state index is -0.806. The van der Waals surface area contributed by atoms with E-state index in [1.807, 2.05) is 47.1 Å². The standard InChI is InChI=1S/C16H13NO2/c18-16(19)9-12-8-15-10-14(6-7-17(15)11-12)13-4-2-1-3-5-13/h1-8,10-11H,9H2,(H,18,19). The quantitative estimate of drug-likeness (QED) is 0.776. The van der Waals surface area contributed by atoms with Crippen LogP contribution >= 0.6 is 0 Å². The van der Waals surface area contributed by atoms with Gasteiger partial charge in [0.25, 0.3) is 0 Å². The molecule has 0 spiro atoms. The molecule has 3 nitrogen and oxygen atoms in total. The monoisotopic (exact) mass is 251 g/mol. The molecule has 94 valence electrons. The fraction of sp³-hybridized carbons (Fsp3) is 0.0625. The van der Waals surface area contributed by atoms with E-state index >= 15 is 0 Å². The van der Waals surface area contributed by atoms with E-state index in [2.05, 4.69) is 18.2 Å². The highest BCUT2D eigenvalue weighted by atomic mass is 16.4. The van der Waals surface area contributed by atoms with Gasteiger partial charge in [0.15, 0.2) is 0 Å². The molecule has 0 fully saturated rings. The number of benzene rings is 1. The maximum Gasteiger partial charge on any atom is 0.307 e. The summed E-state index contributed by atoms with van der Waals surface area (Å²) in [6.45, 7) is 0. The van der Waals surface area contributed by atoms with Crippen LogP contribution in [-0.2, 0) is 11.2 Å². The van der Waals surface area contributed by atoms with E-state index in [1.165, 1.54) is 0 Å². The first-order valence-electron chi connectivity index (χ1n) is 6.10. The SMILES string of the molecule is O=C(O)Cc1cc2cc(-c3ccccc3)ccn2c1. The van der Waals surface area contributed by atoms with Gasteiger partial charge in [0, 0.05) is 17.9 Å². The lowest BCUT2D eigenvalue weighted by molar-refractivity contribution is -0.136. The largest absolute Gasteiger partial charge is 0.481 e. The van der Waals surface area contributed by atoms with Crippen molar-refractivity contribution in [1.82, 2.24) is 4.40 Å². The number of aromatic nitrogens is 1. The lowest BCUT2D eigenvalue weighted by Crippen LogP contribution is -1.98. The zero-order valence-electron chi connectivity index (χ0n) is 10.3. The molecule has 0 aliphatic heterocycles. The molecule has 0 atom stereocenters. The van der Waals surface area contributed by atoms with Crippen molar-refractivity contribution in [1.29, 1.82) is 0 Å². The number of hydrogen-bond acceptors (Lipinski definition) is 1. The third-order valence-electron chi connectivity index (χ3n) is 3.12. The van der Waals surface area contributed by atoms with Crippen LogP contribution in [0, 0.1) is 0 Å². The number of carbonyl (C=O) groups is 1. The first-order valence-corrected chi connectivity index (χ1v) is 6.10. The second kappa shape index (κ2) is 4.61. The van der Waals surface area contributed by atoms with Crippen LogP contribution in [0.1, 0.15) is 5.56 Å². The maximum atomic E-state index is 10.7. The molecule has 3 heteroatoms. The van der Waals surface area contributed by atoms with Gasteiger partial charge >= 0.3 is 5.97 Å². The molecule has 0 saturated heterocycles. The second-order valence-electron chi connectivity index (χ2n) is 4.53. The van der Waals surface area contributed by atoms with Crippen molar-refractivity contribution in [3.05, 3.63) is 66.5 Å². The average Bonchev–Trinajstić information content (AvgIpc) is 2.79. The third-order valence-corrected chi connectivity index (χ3v) is 3.12. The third kappa shape index (κ3) is 2.36. The van der Waals surface area contributed by atoms with E-state index < -0.39 is 5.97 Å². The predicted octanol–water partition coefficient (Wildman–Crippen LogP) is 3.23. The number of hydrogen-bond donors (Lipinski definition) is 1. The molecule has 0 amide bonds. The van der Waals surface area contributed by atoms with Crippen LogP contribution in [0.3, 0.4) is 0 Å². The van der Waals surface area contributed by atoms with Crippen LogP contribution in [-0.4, -0.2) is 15.5 Å². The molecule has 1 aromatic carbocycles. The molecule has 2 heterocycles. The topological polar surface area (TPSA) is 41.7 Å². The van der Waals surface area contributed by atoms with Crippen molar-refractivity contribution in [2.45, 2.75) is 6.42 Å². The van der Waals surface area contributed by atoms with Gasteiger partial charge in [-0.25, -0.2) is 0 Å². The summed E-state index contributed by atoms with van der Waals surface area (Å²) in [5, 5.41) is 8.82. The van der Waals surface area contributed by atoms with Gasteiger partial charge in [0.1, 0.15) is 0 Å². The minimum Gasteiger partial charge on any atom is -0.481 e. The fourth-order valence-corrected chi connectivity index (χ4v) is 2.25. The molecule has 2 aromatic heterocycles. The number of pyridine rings is 1. The van der Waals surface area contributed by atoms with Gasteiger partial charge in [-0.2, -0.15) is 0 Å². The molecule has 0 aliphatic rings. The van der Waals surface area contributed by atoms with E-state index in [1.54, 1.807) is 0 Å². The Morgan fingerprint density at radius 2 is 1.84 bits per heavy atom. The Bertz CT molecular complexity index is 729. The van der Waals surface area contributed by atoms with Gasteiger partial charge in [-0.1, -0.05) is 30.3 Å². The van der Waals surface area contributed by atoms with E-state index in [9.17, 15) is 4.79 Å². The molecule has 1 N–H and O–H groups in total. The summed E-state index contributed by atoms with van der Waals surface area (Å²) in [5.41, 5.74) is 4.12. The zero-order chi connectivity index (χ0) is 13.2. The number of carboxylic acids is 1. The normalized spacial score (nSPS) is 10.7. The van der Waals surface area contributed by atoms with E-state index in [0.29, 0.717) is 0 Å². The predicted molar refractivity (Wildman–Crippen MR) is 74.2 cm³/mol. The Balaban J connectivity index is 2.03. The molecular formula is C16H13NO2. The summed E-state index contributed by atoms with van der Waals surface area (Å²) in [7, 11) is 0. The van der Waals surface area contributed by atoms with Gasteiger partial charge < -0.3 is 9.51 Å². The van der Waals surface area contributed by atoms with Crippen LogP contribution in [0.2, 0.25) is 0 Å². The van der Waals surface area contributed by atoms with Crippen molar-refractivity contribution in [2.24, 2.45) is 0 Å². The molecule has 0 unspecified atom stereocenters. The van der Waals surface area contributed by atoms with Crippen LogP contribution in [0.5, 0.6) is 0 Å². The highest BCUT2D eigenvalue weighted by Crippen LogP contribution is 2.22. The lowest BCUT2D eigenvalue weighted by atomic mass is 10.1. The summed E-state index contributed by atoms with van der Waals surface area (Å²) in [6.07, 6.45) is 3.88. The zero-order valence-corrected chi connectivity index (χ0v) is 10.3. The number of fused-ring (bicyclic) bond motifs is 1. The van der Waals surface area contributed by atoms with Gasteiger partial charge in [0.2, 0.25) is 0 Å². The second-order valence-corrected chi connectivity index (χ2v) is 4.53. The van der Waals surface area contributed by atoms with E-state index in [-0.39, 0.29) is 6.42 Å². The van der Waals surface area contributed by atoms with Crippen LogP contribution in [0.25, 0.3) is 16.6 Å². The number of rotatable bonds is 3. The fourth-order valence-electron chi connectivity index (χ4n) is 2.25. The molecule has 3 rings (SSSR count). The molecule has 0 radical (unpaired) electrons. The van der Waals surface area contributed by atoms with Gasteiger partial charge in [-0.3, -0.25) is 4.79 Å². The van der Waals surface area contributed by atoms with Crippen molar-refractivity contribution in [3.63, 3.8) is 0 Å². The van der Waals surface area contributed by atoms with Crippen molar-refractivity contribution < 1.29 is 9.90 Å². The van der Waals surface area contributed by atoms with Crippen molar-refractivity contribution in [3.8, 4) is 11.1 Å². The smallest absolute Gasteiger partial charge is 0.307 e. The lowest BCUT2D eigenvalue weighted by Gasteiger charge is -2.02. The van der Waals surface area contributed by atoms with E-state index in [4.69, 9.17) is 5.11 Å². The Labute approximate surface area is 110 Å².